The summed E-state index contributed by atoms with van der Waals surface area (Å²) in [6.45, 7) is 8.67. The first-order valence-corrected chi connectivity index (χ1v) is 8.01. The van der Waals surface area contributed by atoms with Gasteiger partial charge in [0.05, 0.1) is 22.4 Å². The number of nitrogens with two attached hydrogens (primary N) is 1. The average molecular weight is 346 g/mol. The first-order valence-electron chi connectivity index (χ1n) is 7.22. The van der Waals surface area contributed by atoms with E-state index in [0.29, 0.717) is 6.04 Å². The maximum atomic E-state index is 5.94. The Bertz CT molecular complexity index is 423. The van der Waals surface area contributed by atoms with E-state index in [0.717, 1.165) is 23.0 Å². The molecule has 0 fully saturated rings. The van der Waals surface area contributed by atoms with Gasteiger partial charge in [0.25, 0.3) is 0 Å². The van der Waals surface area contributed by atoms with Gasteiger partial charge in [-0.15, -0.1) is 0 Å². The average Bonchev–Trinajstić information content (AvgIpc) is 2.77. The van der Waals surface area contributed by atoms with Gasteiger partial charge in [-0.3, -0.25) is 10.5 Å². The number of likely N-dealkylation sites (N-methyl/N-ethyl adjacent to an activating group) is 1. The van der Waals surface area contributed by atoms with Gasteiger partial charge in [0.15, 0.2) is 0 Å². The van der Waals surface area contributed by atoms with E-state index in [1.807, 2.05) is 10.9 Å². The van der Waals surface area contributed by atoms with E-state index in [2.05, 4.69) is 73.1 Å². The Morgan fingerprint density at radius 2 is 1.95 bits per heavy atom. The number of hydrazine groups is 1. The molecular formula is C14H28BrN5. The summed E-state index contributed by atoms with van der Waals surface area (Å²) in [5.41, 5.74) is 4.09. The van der Waals surface area contributed by atoms with Crippen molar-refractivity contribution in [2.45, 2.75) is 58.2 Å². The standard InChI is InChI=1S/C14H28BrN5/c1-7-14(8-2,19(5)6)13(18-16)12-11(15)9-17-20(12)10(3)4/h9-10,13,18H,7-8,16H2,1-6H3. The van der Waals surface area contributed by atoms with Gasteiger partial charge in [-0.2, -0.15) is 5.10 Å². The van der Waals surface area contributed by atoms with Crippen LogP contribution in [0, 0.1) is 0 Å². The van der Waals surface area contributed by atoms with E-state index in [-0.39, 0.29) is 11.6 Å². The van der Waals surface area contributed by atoms with Crippen LogP contribution >= 0.6 is 15.9 Å². The van der Waals surface area contributed by atoms with Crippen molar-refractivity contribution in [2.24, 2.45) is 5.84 Å². The molecule has 0 spiro atoms. The van der Waals surface area contributed by atoms with Gasteiger partial charge in [-0.25, -0.2) is 5.43 Å². The van der Waals surface area contributed by atoms with E-state index in [4.69, 9.17) is 5.84 Å². The molecule has 6 heteroatoms. The molecule has 1 unspecified atom stereocenters. The van der Waals surface area contributed by atoms with Crippen molar-refractivity contribution in [3.63, 3.8) is 0 Å². The maximum absolute atomic E-state index is 5.94. The molecule has 0 bridgehead atoms. The van der Waals surface area contributed by atoms with Gasteiger partial charge in [0.1, 0.15) is 0 Å². The van der Waals surface area contributed by atoms with E-state index < -0.39 is 0 Å². The van der Waals surface area contributed by atoms with Crippen LogP contribution in [0.4, 0.5) is 0 Å². The topological polar surface area (TPSA) is 59.1 Å². The third-order valence-electron chi connectivity index (χ3n) is 4.37. The van der Waals surface area contributed by atoms with Crippen LogP contribution in [0.15, 0.2) is 10.7 Å². The molecule has 3 N–H and O–H groups in total. The Labute approximate surface area is 131 Å². The summed E-state index contributed by atoms with van der Waals surface area (Å²) < 4.78 is 3.04. The molecular weight excluding hydrogens is 318 g/mol. The van der Waals surface area contributed by atoms with Crippen LogP contribution in [-0.4, -0.2) is 34.3 Å². The summed E-state index contributed by atoms with van der Waals surface area (Å²) in [4.78, 5) is 2.27. The number of aromatic nitrogens is 2. The highest BCUT2D eigenvalue weighted by atomic mass is 79.9. The molecule has 1 aromatic rings. The van der Waals surface area contributed by atoms with E-state index in [9.17, 15) is 0 Å². The second-order valence-electron chi connectivity index (χ2n) is 5.72. The summed E-state index contributed by atoms with van der Waals surface area (Å²) in [7, 11) is 4.22. The first kappa shape index (κ1) is 17.6. The van der Waals surface area contributed by atoms with E-state index >= 15 is 0 Å². The normalized spacial score (nSPS) is 14.3. The molecule has 0 aromatic carbocycles. The van der Waals surface area contributed by atoms with Crippen LogP contribution in [-0.2, 0) is 0 Å². The molecule has 1 heterocycles. The zero-order valence-corrected chi connectivity index (χ0v) is 15.0. The fraction of sp³-hybridized carbons (Fsp3) is 0.786. The Morgan fingerprint density at radius 3 is 2.30 bits per heavy atom. The van der Waals surface area contributed by atoms with Crippen molar-refractivity contribution in [3.05, 3.63) is 16.4 Å². The third kappa shape index (κ3) is 2.93. The lowest BCUT2D eigenvalue weighted by Crippen LogP contribution is -2.55. The van der Waals surface area contributed by atoms with Gasteiger partial charge in [-0.1, -0.05) is 13.8 Å². The van der Waals surface area contributed by atoms with E-state index in [1.165, 1.54) is 0 Å². The van der Waals surface area contributed by atoms with Crippen LogP contribution in [0.2, 0.25) is 0 Å². The highest BCUT2D eigenvalue weighted by Gasteiger charge is 2.41. The van der Waals surface area contributed by atoms with Gasteiger partial charge >= 0.3 is 0 Å². The summed E-state index contributed by atoms with van der Waals surface area (Å²) in [6, 6.07) is 0.299. The fourth-order valence-electron chi connectivity index (χ4n) is 3.07. The Balaban J connectivity index is 3.42. The minimum absolute atomic E-state index is 0.00627. The lowest BCUT2D eigenvalue weighted by molar-refractivity contribution is 0.0831. The molecule has 1 rings (SSSR count). The van der Waals surface area contributed by atoms with Gasteiger partial charge in [0.2, 0.25) is 0 Å². The molecule has 0 saturated carbocycles. The van der Waals surface area contributed by atoms with Crippen LogP contribution < -0.4 is 11.3 Å². The van der Waals surface area contributed by atoms with Crippen molar-refractivity contribution in [1.29, 1.82) is 0 Å². The Kier molecular flexibility index (Phi) is 6.19. The second kappa shape index (κ2) is 7.02. The number of nitrogens with zero attached hydrogens (tertiary/aromatic N) is 3. The number of halogens is 1. The number of hydrogen-bond acceptors (Lipinski definition) is 4. The molecule has 0 aliphatic rings. The van der Waals surface area contributed by atoms with Crippen LogP contribution in [0.1, 0.15) is 58.3 Å². The lowest BCUT2D eigenvalue weighted by atomic mass is 9.81. The highest BCUT2D eigenvalue weighted by Crippen LogP contribution is 2.39. The molecule has 0 saturated heterocycles. The smallest absolute Gasteiger partial charge is 0.0823 e. The fourth-order valence-corrected chi connectivity index (χ4v) is 3.57. The van der Waals surface area contributed by atoms with Crippen LogP contribution in [0.5, 0.6) is 0 Å². The summed E-state index contributed by atoms with van der Waals surface area (Å²) in [6.07, 6.45) is 3.85. The number of rotatable bonds is 7. The van der Waals surface area contributed by atoms with Crippen LogP contribution in [0.25, 0.3) is 0 Å². The molecule has 20 heavy (non-hydrogen) atoms. The first-order chi connectivity index (χ1) is 9.35. The molecule has 0 aliphatic carbocycles. The SMILES string of the molecule is CCC(CC)(C(NN)c1c(Br)cnn1C(C)C)N(C)C. The Hall–Kier alpha value is -0.430. The predicted molar refractivity (Wildman–Crippen MR) is 87.4 cm³/mol. The minimum atomic E-state index is -0.0516. The van der Waals surface area contributed by atoms with Crippen LogP contribution in [0.3, 0.4) is 0 Å². The zero-order chi connectivity index (χ0) is 15.5. The predicted octanol–water partition coefficient (Wildman–Crippen LogP) is 2.85. The molecule has 1 aromatic heterocycles. The van der Waals surface area contributed by atoms with Crippen molar-refractivity contribution in [2.75, 3.05) is 14.1 Å². The summed E-state index contributed by atoms with van der Waals surface area (Å²) in [5, 5.41) is 4.48. The van der Waals surface area contributed by atoms with Gasteiger partial charge < -0.3 is 4.90 Å². The lowest BCUT2D eigenvalue weighted by Gasteiger charge is -2.45. The molecule has 116 valence electrons. The summed E-state index contributed by atoms with van der Waals surface area (Å²) >= 11 is 3.63. The highest BCUT2D eigenvalue weighted by molar-refractivity contribution is 9.10. The molecule has 0 aliphatic heterocycles. The monoisotopic (exact) mass is 345 g/mol. The Morgan fingerprint density at radius 1 is 1.40 bits per heavy atom. The quantitative estimate of drug-likeness (QED) is 0.589. The third-order valence-corrected chi connectivity index (χ3v) is 4.98. The van der Waals surface area contributed by atoms with Crippen molar-refractivity contribution >= 4 is 15.9 Å². The molecule has 0 amide bonds. The number of hydrogen-bond donors (Lipinski definition) is 2. The second-order valence-corrected chi connectivity index (χ2v) is 6.58. The van der Waals surface area contributed by atoms with Crippen molar-refractivity contribution in [1.82, 2.24) is 20.1 Å². The largest absolute Gasteiger partial charge is 0.302 e. The zero-order valence-electron chi connectivity index (χ0n) is 13.4. The molecule has 5 nitrogen and oxygen atoms in total. The van der Waals surface area contributed by atoms with Crippen molar-refractivity contribution in [3.8, 4) is 0 Å². The summed E-state index contributed by atoms with van der Waals surface area (Å²) in [5.74, 6) is 5.94. The molecule has 1 atom stereocenters. The van der Waals surface area contributed by atoms with Gasteiger partial charge in [0, 0.05) is 11.6 Å². The van der Waals surface area contributed by atoms with Crippen molar-refractivity contribution < 1.29 is 0 Å². The van der Waals surface area contributed by atoms with Gasteiger partial charge in [-0.05, 0) is 56.7 Å². The maximum Gasteiger partial charge on any atom is 0.0823 e. The number of nitrogens with one attached hydrogen (secondary N) is 1. The molecule has 0 radical (unpaired) electrons. The minimum Gasteiger partial charge on any atom is -0.302 e. The van der Waals surface area contributed by atoms with E-state index in [1.54, 1.807) is 0 Å².